The number of hydrogen-bond acceptors (Lipinski definition) is 3. The molecule has 0 bridgehead atoms. The predicted molar refractivity (Wildman–Crippen MR) is 71.5 cm³/mol. The van der Waals surface area contributed by atoms with Gasteiger partial charge in [-0.15, -0.1) is 0 Å². The number of hydrogen-bond donors (Lipinski definition) is 2. The molecule has 2 N–H and O–H groups in total. The average Bonchev–Trinajstić information content (AvgIpc) is 2.39. The fourth-order valence-electron chi connectivity index (χ4n) is 2.37. The van der Waals surface area contributed by atoms with Gasteiger partial charge in [0.1, 0.15) is 5.69 Å². The Hall–Kier alpha value is -1.42. The number of aryl methyl sites for hydroxylation is 1. The van der Waals surface area contributed by atoms with Crippen LogP contribution in [0.4, 0.5) is 0 Å². The third-order valence-electron chi connectivity index (χ3n) is 3.52. The largest absolute Gasteiger partial charge is 0.348 e. The summed E-state index contributed by atoms with van der Waals surface area (Å²) < 4.78 is 0. The number of carbonyl (C=O) groups is 1. The van der Waals surface area contributed by atoms with Crippen molar-refractivity contribution in [2.45, 2.75) is 32.7 Å². The van der Waals surface area contributed by atoms with Crippen LogP contribution in [0.25, 0.3) is 0 Å². The van der Waals surface area contributed by atoms with Crippen molar-refractivity contribution in [3.63, 3.8) is 0 Å². The number of nitrogens with one attached hydrogen (secondary N) is 2. The molecule has 0 saturated carbocycles. The molecule has 1 amide bonds. The number of amides is 1. The summed E-state index contributed by atoms with van der Waals surface area (Å²) in [4.78, 5) is 16.3. The standard InChI is InChI=1S/C14H21N3O/c1-10-5-3-7-13(16-10)14(18)17-11(2)12-6-4-8-15-9-12/h3,5,7,11-12,15H,4,6,8-9H2,1-2H3,(H,17,18). The van der Waals surface area contributed by atoms with Crippen molar-refractivity contribution in [1.82, 2.24) is 15.6 Å². The van der Waals surface area contributed by atoms with E-state index in [9.17, 15) is 4.79 Å². The monoisotopic (exact) mass is 247 g/mol. The summed E-state index contributed by atoms with van der Waals surface area (Å²) in [5.41, 5.74) is 1.38. The van der Waals surface area contributed by atoms with Crippen LogP contribution in [-0.2, 0) is 0 Å². The van der Waals surface area contributed by atoms with E-state index in [2.05, 4.69) is 22.5 Å². The van der Waals surface area contributed by atoms with Crippen LogP contribution in [0.15, 0.2) is 18.2 Å². The lowest BCUT2D eigenvalue weighted by Crippen LogP contribution is -2.44. The summed E-state index contributed by atoms with van der Waals surface area (Å²) in [5.74, 6) is 0.448. The van der Waals surface area contributed by atoms with Gasteiger partial charge in [0.2, 0.25) is 0 Å². The molecule has 1 fully saturated rings. The number of nitrogens with zero attached hydrogens (tertiary/aromatic N) is 1. The minimum Gasteiger partial charge on any atom is -0.348 e. The normalized spacial score (nSPS) is 21.3. The van der Waals surface area contributed by atoms with E-state index >= 15 is 0 Å². The molecule has 4 heteroatoms. The Morgan fingerprint density at radius 1 is 1.56 bits per heavy atom. The maximum atomic E-state index is 12.1. The van der Waals surface area contributed by atoms with Crippen molar-refractivity contribution in [2.75, 3.05) is 13.1 Å². The third kappa shape index (κ3) is 3.29. The van der Waals surface area contributed by atoms with E-state index in [0.29, 0.717) is 11.6 Å². The van der Waals surface area contributed by atoms with Crippen LogP contribution in [-0.4, -0.2) is 30.0 Å². The first-order chi connectivity index (χ1) is 8.66. The van der Waals surface area contributed by atoms with Gasteiger partial charge in [-0.2, -0.15) is 0 Å². The molecule has 4 nitrogen and oxygen atoms in total. The molecule has 0 radical (unpaired) electrons. The van der Waals surface area contributed by atoms with Gasteiger partial charge in [0.15, 0.2) is 0 Å². The first-order valence-corrected chi connectivity index (χ1v) is 6.62. The maximum Gasteiger partial charge on any atom is 0.270 e. The highest BCUT2D eigenvalue weighted by Crippen LogP contribution is 2.14. The maximum absolute atomic E-state index is 12.1. The highest BCUT2D eigenvalue weighted by molar-refractivity contribution is 5.92. The predicted octanol–water partition coefficient (Wildman–Crippen LogP) is 1.51. The minimum absolute atomic E-state index is 0.0724. The second kappa shape index (κ2) is 5.96. The van der Waals surface area contributed by atoms with Gasteiger partial charge in [0.05, 0.1) is 0 Å². The SMILES string of the molecule is Cc1cccc(C(=O)NC(C)C2CCCNC2)n1. The molecule has 2 atom stereocenters. The van der Waals surface area contributed by atoms with E-state index in [4.69, 9.17) is 0 Å². The zero-order valence-electron chi connectivity index (χ0n) is 11.1. The molecular weight excluding hydrogens is 226 g/mol. The van der Waals surface area contributed by atoms with Crippen LogP contribution in [0.1, 0.15) is 35.9 Å². The smallest absolute Gasteiger partial charge is 0.270 e. The van der Waals surface area contributed by atoms with E-state index in [1.54, 1.807) is 6.07 Å². The number of pyridine rings is 1. The molecule has 2 rings (SSSR count). The van der Waals surface area contributed by atoms with Gasteiger partial charge in [-0.3, -0.25) is 4.79 Å². The van der Waals surface area contributed by atoms with E-state index < -0.39 is 0 Å². The summed E-state index contributed by atoms with van der Waals surface area (Å²) >= 11 is 0. The van der Waals surface area contributed by atoms with Gasteiger partial charge in [0.25, 0.3) is 5.91 Å². The van der Waals surface area contributed by atoms with E-state index in [1.165, 1.54) is 12.8 Å². The molecule has 0 aliphatic carbocycles. The van der Waals surface area contributed by atoms with Crippen molar-refractivity contribution in [3.8, 4) is 0 Å². The average molecular weight is 247 g/mol. The molecule has 98 valence electrons. The minimum atomic E-state index is -0.0724. The number of aromatic nitrogens is 1. The summed E-state index contributed by atoms with van der Waals surface area (Å²) in [5, 5.41) is 6.42. The highest BCUT2D eigenvalue weighted by atomic mass is 16.1. The first kappa shape index (κ1) is 13.0. The fraction of sp³-hybridized carbons (Fsp3) is 0.571. The first-order valence-electron chi connectivity index (χ1n) is 6.62. The topological polar surface area (TPSA) is 54.0 Å². The van der Waals surface area contributed by atoms with E-state index in [0.717, 1.165) is 18.8 Å². The van der Waals surface area contributed by atoms with Crippen LogP contribution in [0, 0.1) is 12.8 Å². The van der Waals surface area contributed by atoms with Crippen molar-refractivity contribution in [2.24, 2.45) is 5.92 Å². The molecule has 0 aromatic carbocycles. The van der Waals surface area contributed by atoms with Crippen LogP contribution in [0.5, 0.6) is 0 Å². The van der Waals surface area contributed by atoms with Crippen LogP contribution >= 0.6 is 0 Å². The molecule has 1 saturated heterocycles. The van der Waals surface area contributed by atoms with Gasteiger partial charge in [0, 0.05) is 11.7 Å². The second-order valence-corrected chi connectivity index (χ2v) is 5.03. The highest BCUT2D eigenvalue weighted by Gasteiger charge is 2.21. The molecule has 1 aliphatic rings. The molecule has 1 aromatic heterocycles. The second-order valence-electron chi connectivity index (χ2n) is 5.03. The third-order valence-corrected chi connectivity index (χ3v) is 3.52. The number of carbonyl (C=O) groups excluding carboxylic acids is 1. The van der Waals surface area contributed by atoms with Gasteiger partial charge in [-0.1, -0.05) is 6.07 Å². The molecule has 18 heavy (non-hydrogen) atoms. The molecule has 2 heterocycles. The van der Waals surface area contributed by atoms with Crippen molar-refractivity contribution in [1.29, 1.82) is 0 Å². The van der Waals surface area contributed by atoms with E-state index in [-0.39, 0.29) is 11.9 Å². The van der Waals surface area contributed by atoms with Gasteiger partial charge >= 0.3 is 0 Å². The fourth-order valence-corrected chi connectivity index (χ4v) is 2.37. The molecule has 1 aromatic rings. The quantitative estimate of drug-likeness (QED) is 0.851. The van der Waals surface area contributed by atoms with Crippen LogP contribution in [0.2, 0.25) is 0 Å². The molecule has 1 aliphatic heterocycles. The number of rotatable bonds is 3. The number of piperidine rings is 1. The molecule has 0 spiro atoms. The summed E-state index contributed by atoms with van der Waals surface area (Å²) in [6.45, 7) is 6.05. The Morgan fingerprint density at radius 2 is 2.39 bits per heavy atom. The van der Waals surface area contributed by atoms with Gasteiger partial charge < -0.3 is 10.6 Å². The van der Waals surface area contributed by atoms with Crippen molar-refractivity contribution >= 4 is 5.91 Å². The van der Waals surface area contributed by atoms with Crippen molar-refractivity contribution < 1.29 is 4.79 Å². The molecular formula is C14H21N3O. The summed E-state index contributed by atoms with van der Waals surface area (Å²) in [7, 11) is 0. The van der Waals surface area contributed by atoms with E-state index in [1.807, 2.05) is 19.1 Å². The molecule has 2 unspecified atom stereocenters. The van der Waals surface area contributed by atoms with Crippen molar-refractivity contribution in [3.05, 3.63) is 29.6 Å². The zero-order valence-corrected chi connectivity index (χ0v) is 11.1. The lowest BCUT2D eigenvalue weighted by atomic mass is 9.93. The lowest BCUT2D eigenvalue weighted by Gasteiger charge is -2.28. The Kier molecular flexibility index (Phi) is 4.31. The summed E-state index contributed by atoms with van der Waals surface area (Å²) in [6.07, 6.45) is 2.36. The Bertz CT molecular complexity index is 413. The van der Waals surface area contributed by atoms with Gasteiger partial charge in [-0.25, -0.2) is 4.98 Å². The Labute approximate surface area is 108 Å². The Morgan fingerprint density at radius 3 is 3.06 bits per heavy atom. The van der Waals surface area contributed by atoms with Crippen LogP contribution < -0.4 is 10.6 Å². The zero-order chi connectivity index (χ0) is 13.0. The summed E-state index contributed by atoms with van der Waals surface area (Å²) in [6, 6.07) is 5.70. The Balaban J connectivity index is 1.94. The van der Waals surface area contributed by atoms with Crippen LogP contribution in [0.3, 0.4) is 0 Å². The van der Waals surface area contributed by atoms with Gasteiger partial charge in [-0.05, 0) is 57.8 Å². The lowest BCUT2D eigenvalue weighted by molar-refractivity contribution is 0.0916.